The summed E-state index contributed by atoms with van der Waals surface area (Å²) in [4.78, 5) is 4.41. The van der Waals surface area contributed by atoms with Gasteiger partial charge in [-0.2, -0.15) is 0 Å². The van der Waals surface area contributed by atoms with E-state index < -0.39 is 0 Å². The molecule has 2 heteroatoms. The van der Waals surface area contributed by atoms with E-state index in [0.29, 0.717) is 0 Å². The summed E-state index contributed by atoms with van der Waals surface area (Å²) in [5, 5.41) is 4.71. The van der Waals surface area contributed by atoms with Crippen molar-refractivity contribution in [2.75, 3.05) is 11.9 Å². The highest BCUT2D eigenvalue weighted by Gasteiger charge is 2.02. The molecule has 17 heavy (non-hydrogen) atoms. The lowest BCUT2D eigenvalue weighted by atomic mass is 10.1. The number of benzene rings is 1. The fourth-order valence-corrected chi connectivity index (χ4v) is 2.05. The molecule has 2 nitrogen and oxygen atoms in total. The van der Waals surface area contributed by atoms with Gasteiger partial charge in [0.25, 0.3) is 0 Å². The number of rotatable bonds is 5. The molecule has 0 aliphatic rings. The molecule has 0 aliphatic heterocycles. The Labute approximate surface area is 103 Å². The number of nitrogens with one attached hydrogen (secondary N) is 1. The molecule has 2 rings (SSSR count). The van der Waals surface area contributed by atoms with Crippen LogP contribution in [0.2, 0.25) is 0 Å². The Balaban J connectivity index is 2.40. The fraction of sp³-hybridized carbons (Fsp3) is 0.400. The Morgan fingerprint density at radius 1 is 1.12 bits per heavy atom. The average molecular weight is 228 g/mol. The van der Waals surface area contributed by atoms with Crippen LogP contribution in [-0.2, 0) is 6.42 Å². The van der Waals surface area contributed by atoms with Crippen LogP contribution >= 0.6 is 0 Å². The Kier molecular flexibility index (Phi) is 3.97. The Hall–Kier alpha value is -1.57. The molecule has 2 aromatic rings. The van der Waals surface area contributed by atoms with Gasteiger partial charge in [-0.1, -0.05) is 26.3 Å². The van der Waals surface area contributed by atoms with Gasteiger partial charge in [0.2, 0.25) is 0 Å². The SMILES string of the molecule is CCCNc1ccnc2ccc(CCC)cc12. The van der Waals surface area contributed by atoms with Gasteiger partial charge in [-0.3, -0.25) is 4.98 Å². The van der Waals surface area contributed by atoms with Gasteiger partial charge in [-0.05, 0) is 36.6 Å². The third kappa shape index (κ3) is 2.76. The minimum absolute atomic E-state index is 1.01. The van der Waals surface area contributed by atoms with E-state index in [1.807, 2.05) is 6.20 Å². The molecular formula is C15H20N2. The number of hydrogen-bond donors (Lipinski definition) is 1. The number of anilines is 1. The largest absolute Gasteiger partial charge is 0.384 e. The molecule has 0 saturated carbocycles. The lowest BCUT2D eigenvalue weighted by Gasteiger charge is -2.09. The van der Waals surface area contributed by atoms with Crippen LogP contribution in [0.1, 0.15) is 32.3 Å². The molecule has 1 aromatic carbocycles. The summed E-state index contributed by atoms with van der Waals surface area (Å²) in [5.74, 6) is 0. The average Bonchev–Trinajstić information content (AvgIpc) is 2.36. The summed E-state index contributed by atoms with van der Waals surface area (Å²) in [6.45, 7) is 5.40. The van der Waals surface area contributed by atoms with Gasteiger partial charge in [0.05, 0.1) is 5.52 Å². The van der Waals surface area contributed by atoms with Crippen molar-refractivity contribution < 1.29 is 0 Å². The third-order valence-corrected chi connectivity index (χ3v) is 2.91. The highest BCUT2D eigenvalue weighted by molar-refractivity contribution is 5.91. The van der Waals surface area contributed by atoms with E-state index in [9.17, 15) is 0 Å². The molecule has 0 aliphatic carbocycles. The van der Waals surface area contributed by atoms with E-state index in [1.165, 1.54) is 23.1 Å². The number of nitrogens with zero attached hydrogens (tertiary/aromatic N) is 1. The molecular weight excluding hydrogens is 208 g/mol. The molecule has 0 radical (unpaired) electrons. The van der Waals surface area contributed by atoms with Gasteiger partial charge in [-0.25, -0.2) is 0 Å². The molecule has 0 saturated heterocycles. The lowest BCUT2D eigenvalue weighted by molar-refractivity contribution is 0.923. The van der Waals surface area contributed by atoms with Crippen LogP contribution in [0.3, 0.4) is 0 Å². The van der Waals surface area contributed by atoms with E-state index in [2.05, 4.69) is 48.4 Å². The molecule has 1 N–H and O–H groups in total. The maximum absolute atomic E-state index is 4.41. The second kappa shape index (κ2) is 5.67. The van der Waals surface area contributed by atoms with E-state index in [1.54, 1.807) is 0 Å². The second-order valence-corrected chi connectivity index (χ2v) is 4.39. The first-order chi connectivity index (χ1) is 8.35. The molecule has 0 unspecified atom stereocenters. The Bertz CT molecular complexity index is 491. The summed E-state index contributed by atoms with van der Waals surface area (Å²) in [6.07, 6.45) is 5.33. The van der Waals surface area contributed by atoms with Gasteiger partial charge in [0.1, 0.15) is 0 Å². The van der Waals surface area contributed by atoms with Gasteiger partial charge in [0, 0.05) is 23.8 Å². The molecule has 1 aromatic heterocycles. The first kappa shape index (κ1) is 11.9. The van der Waals surface area contributed by atoms with Crippen LogP contribution in [0, 0.1) is 0 Å². The smallest absolute Gasteiger partial charge is 0.0722 e. The van der Waals surface area contributed by atoms with Crippen LogP contribution < -0.4 is 5.32 Å². The first-order valence-electron chi connectivity index (χ1n) is 6.46. The van der Waals surface area contributed by atoms with Crippen LogP contribution in [0.5, 0.6) is 0 Å². The summed E-state index contributed by atoms with van der Waals surface area (Å²) < 4.78 is 0. The van der Waals surface area contributed by atoms with Crippen molar-refractivity contribution in [3.8, 4) is 0 Å². The standard InChI is InChI=1S/C15H20N2/c1-3-5-12-6-7-14-13(11-12)15(8-10-17-14)16-9-4-2/h6-8,10-11H,3-5,9H2,1-2H3,(H,16,17). The van der Waals surface area contributed by atoms with Crippen LogP contribution in [0.25, 0.3) is 10.9 Å². The predicted molar refractivity (Wildman–Crippen MR) is 74.5 cm³/mol. The monoisotopic (exact) mass is 228 g/mol. The molecule has 0 atom stereocenters. The number of pyridine rings is 1. The van der Waals surface area contributed by atoms with Crippen LogP contribution in [0.4, 0.5) is 5.69 Å². The van der Waals surface area contributed by atoms with Crippen molar-refractivity contribution in [2.24, 2.45) is 0 Å². The zero-order chi connectivity index (χ0) is 12.1. The molecule has 0 spiro atoms. The predicted octanol–water partition coefficient (Wildman–Crippen LogP) is 4.01. The maximum atomic E-state index is 4.41. The quantitative estimate of drug-likeness (QED) is 0.836. The molecule has 1 heterocycles. The molecule has 90 valence electrons. The second-order valence-electron chi connectivity index (χ2n) is 4.39. The van der Waals surface area contributed by atoms with Crippen molar-refractivity contribution in [2.45, 2.75) is 33.1 Å². The topological polar surface area (TPSA) is 24.9 Å². The minimum atomic E-state index is 1.01. The Morgan fingerprint density at radius 2 is 2.00 bits per heavy atom. The van der Waals surface area contributed by atoms with E-state index in [-0.39, 0.29) is 0 Å². The van der Waals surface area contributed by atoms with Gasteiger partial charge in [0.15, 0.2) is 0 Å². The first-order valence-corrected chi connectivity index (χ1v) is 6.46. The highest BCUT2D eigenvalue weighted by atomic mass is 14.9. The van der Waals surface area contributed by atoms with Crippen molar-refractivity contribution in [3.05, 3.63) is 36.0 Å². The lowest BCUT2D eigenvalue weighted by Crippen LogP contribution is -2.00. The maximum Gasteiger partial charge on any atom is 0.0722 e. The van der Waals surface area contributed by atoms with Crippen LogP contribution in [0.15, 0.2) is 30.5 Å². The number of fused-ring (bicyclic) bond motifs is 1. The summed E-state index contributed by atoms with van der Waals surface area (Å²) >= 11 is 0. The van der Waals surface area contributed by atoms with Gasteiger partial charge < -0.3 is 5.32 Å². The minimum Gasteiger partial charge on any atom is -0.384 e. The zero-order valence-electron chi connectivity index (χ0n) is 10.7. The molecule has 0 amide bonds. The molecule has 0 fully saturated rings. The summed E-state index contributed by atoms with van der Waals surface area (Å²) in [6, 6.07) is 8.64. The number of aromatic nitrogens is 1. The number of aryl methyl sites for hydroxylation is 1. The van der Waals surface area contributed by atoms with Crippen molar-refractivity contribution in [3.63, 3.8) is 0 Å². The number of hydrogen-bond acceptors (Lipinski definition) is 2. The summed E-state index contributed by atoms with van der Waals surface area (Å²) in [7, 11) is 0. The Morgan fingerprint density at radius 3 is 2.76 bits per heavy atom. The van der Waals surface area contributed by atoms with E-state index in [4.69, 9.17) is 0 Å². The zero-order valence-corrected chi connectivity index (χ0v) is 10.7. The normalized spacial score (nSPS) is 10.7. The van der Waals surface area contributed by atoms with Crippen molar-refractivity contribution >= 4 is 16.6 Å². The van der Waals surface area contributed by atoms with Crippen molar-refractivity contribution in [1.82, 2.24) is 4.98 Å². The van der Waals surface area contributed by atoms with Gasteiger partial charge in [-0.15, -0.1) is 0 Å². The van der Waals surface area contributed by atoms with Gasteiger partial charge >= 0.3 is 0 Å². The van der Waals surface area contributed by atoms with E-state index >= 15 is 0 Å². The fourth-order valence-electron chi connectivity index (χ4n) is 2.05. The third-order valence-electron chi connectivity index (χ3n) is 2.91. The highest BCUT2D eigenvalue weighted by Crippen LogP contribution is 2.23. The van der Waals surface area contributed by atoms with Crippen molar-refractivity contribution in [1.29, 1.82) is 0 Å². The summed E-state index contributed by atoms with van der Waals surface area (Å²) in [5.41, 5.74) is 3.67. The van der Waals surface area contributed by atoms with E-state index in [0.717, 1.165) is 24.9 Å². The van der Waals surface area contributed by atoms with Crippen LogP contribution in [-0.4, -0.2) is 11.5 Å². The molecule has 0 bridgehead atoms.